The van der Waals surface area contributed by atoms with Crippen molar-refractivity contribution in [2.45, 2.75) is 44.7 Å². The van der Waals surface area contributed by atoms with Gasteiger partial charge in [0.15, 0.2) is 10.7 Å². The van der Waals surface area contributed by atoms with E-state index in [4.69, 9.17) is 4.98 Å². The van der Waals surface area contributed by atoms with E-state index in [0.29, 0.717) is 12.2 Å². The van der Waals surface area contributed by atoms with Crippen LogP contribution >= 0.6 is 11.3 Å². The fourth-order valence-corrected chi connectivity index (χ4v) is 5.42. The van der Waals surface area contributed by atoms with E-state index in [9.17, 15) is 9.18 Å². The summed E-state index contributed by atoms with van der Waals surface area (Å²) in [5.41, 5.74) is 2.56. The van der Waals surface area contributed by atoms with Crippen molar-refractivity contribution >= 4 is 22.2 Å². The summed E-state index contributed by atoms with van der Waals surface area (Å²) in [4.78, 5) is 23.0. The van der Waals surface area contributed by atoms with Gasteiger partial charge in [0, 0.05) is 37.3 Å². The van der Waals surface area contributed by atoms with Crippen molar-refractivity contribution in [3.05, 3.63) is 58.6 Å². The van der Waals surface area contributed by atoms with Gasteiger partial charge in [0.25, 0.3) is 5.91 Å². The van der Waals surface area contributed by atoms with Gasteiger partial charge in [-0.3, -0.25) is 14.1 Å². The summed E-state index contributed by atoms with van der Waals surface area (Å²) in [6, 6.07) is 7.11. The lowest BCUT2D eigenvalue weighted by Gasteiger charge is -2.36. The topological polar surface area (TPSA) is 40.9 Å². The lowest BCUT2D eigenvalue weighted by atomic mass is 9.95. The summed E-state index contributed by atoms with van der Waals surface area (Å²) in [5, 5.41) is 2.01. The van der Waals surface area contributed by atoms with Crippen LogP contribution in [0.4, 0.5) is 4.39 Å². The van der Waals surface area contributed by atoms with Crippen molar-refractivity contribution in [1.82, 2.24) is 19.2 Å². The van der Waals surface area contributed by atoms with Crippen LogP contribution < -0.4 is 0 Å². The lowest BCUT2D eigenvalue weighted by Crippen LogP contribution is -2.35. The zero-order valence-corrected chi connectivity index (χ0v) is 17.2. The molecule has 3 aromatic rings. The van der Waals surface area contributed by atoms with E-state index < -0.39 is 0 Å². The van der Waals surface area contributed by atoms with Gasteiger partial charge >= 0.3 is 0 Å². The van der Waals surface area contributed by atoms with Gasteiger partial charge in [-0.2, -0.15) is 0 Å². The Bertz CT molecular complexity index is 1020. The van der Waals surface area contributed by atoms with Gasteiger partial charge < -0.3 is 4.90 Å². The maximum atomic E-state index is 13.9. The van der Waals surface area contributed by atoms with Crippen molar-refractivity contribution in [2.75, 3.05) is 19.6 Å². The molecule has 5 rings (SSSR count). The van der Waals surface area contributed by atoms with Crippen molar-refractivity contribution in [1.29, 1.82) is 0 Å². The van der Waals surface area contributed by atoms with E-state index in [1.165, 1.54) is 6.07 Å². The molecular weight excluding hydrogens is 387 g/mol. The Balaban J connectivity index is 1.49. The van der Waals surface area contributed by atoms with Gasteiger partial charge in [0.1, 0.15) is 5.82 Å². The smallest absolute Gasteiger partial charge is 0.274 e. The van der Waals surface area contributed by atoms with E-state index >= 15 is 0 Å². The number of halogens is 1. The summed E-state index contributed by atoms with van der Waals surface area (Å²) >= 11 is 1.56. The predicted molar refractivity (Wildman–Crippen MR) is 112 cm³/mol. The van der Waals surface area contributed by atoms with Crippen LogP contribution in [0.5, 0.6) is 0 Å². The van der Waals surface area contributed by atoms with Crippen LogP contribution in [0, 0.1) is 5.82 Å². The van der Waals surface area contributed by atoms with Crippen LogP contribution in [0.3, 0.4) is 0 Å². The average molecular weight is 413 g/mol. The summed E-state index contributed by atoms with van der Waals surface area (Å²) in [6.07, 6.45) is 7.40. The second-order valence-electron chi connectivity index (χ2n) is 8.00. The van der Waals surface area contributed by atoms with Crippen LogP contribution in [0.25, 0.3) is 4.96 Å². The number of carbonyl (C=O) groups is 1. The van der Waals surface area contributed by atoms with Crippen molar-refractivity contribution in [3.63, 3.8) is 0 Å². The molecule has 1 atom stereocenters. The molecule has 2 aliphatic rings. The minimum absolute atomic E-state index is 0.0488. The highest BCUT2D eigenvalue weighted by Crippen LogP contribution is 2.33. The third-order valence-corrected chi connectivity index (χ3v) is 6.91. The second-order valence-corrected chi connectivity index (χ2v) is 8.87. The van der Waals surface area contributed by atoms with Gasteiger partial charge in [-0.1, -0.05) is 18.6 Å². The molecule has 152 valence electrons. The number of hydrogen-bond donors (Lipinski definition) is 0. The Morgan fingerprint density at radius 1 is 1.17 bits per heavy atom. The first kappa shape index (κ1) is 18.8. The molecular formula is C22H25FN4OS. The van der Waals surface area contributed by atoms with E-state index in [1.807, 2.05) is 22.5 Å². The second kappa shape index (κ2) is 7.88. The molecule has 0 radical (unpaired) electrons. The molecule has 0 saturated carbocycles. The van der Waals surface area contributed by atoms with Gasteiger partial charge in [-0.05, 0) is 49.9 Å². The summed E-state index contributed by atoms with van der Waals surface area (Å²) in [6.45, 7) is 3.22. The van der Waals surface area contributed by atoms with Crippen LogP contribution in [-0.4, -0.2) is 44.7 Å². The minimum atomic E-state index is -0.192. The molecule has 0 N–H and O–H groups in total. The SMILES string of the molecule is O=C(c1nc2sccn2c1CN1CCCC[C@@H]1c1cccc(F)c1)N1CCCC1. The van der Waals surface area contributed by atoms with Crippen LogP contribution in [0.1, 0.15) is 59.9 Å². The quantitative estimate of drug-likeness (QED) is 0.634. The molecule has 2 aliphatic heterocycles. The molecule has 0 spiro atoms. The Hall–Kier alpha value is -2.25. The minimum Gasteiger partial charge on any atom is -0.337 e. The molecule has 2 saturated heterocycles. The number of carbonyl (C=O) groups excluding carboxylic acids is 1. The summed E-state index contributed by atoms with van der Waals surface area (Å²) in [5.74, 6) is -0.143. The molecule has 29 heavy (non-hydrogen) atoms. The first-order chi connectivity index (χ1) is 14.2. The first-order valence-corrected chi connectivity index (χ1v) is 11.3. The largest absolute Gasteiger partial charge is 0.337 e. The summed E-state index contributed by atoms with van der Waals surface area (Å²) in [7, 11) is 0. The number of nitrogens with zero attached hydrogens (tertiary/aromatic N) is 4. The van der Waals surface area contributed by atoms with Crippen LogP contribution in [0.2, 0.25) is 0 Å². The van der Waals surface area contributed by atoms with E-state index in [-0.39, 0.29) is 17.8 Å². The number of aromatic nitrogens is 2. The number of hydrogen-bond acceptors (Lipinski definition) is 4. The highest BCUT2D eigenvalue weighted by Gasteiger charge is 2.30. The number of likely N-dealkylation sites (tertiary alicyclic amines) is 2. The fourth-order valence-electron chi connectivity index (χ4n) is 4.69. The number of piperidine rings is 1. The molecule has 0 unspecified atom stereocenters. The Morgan fingerprint density at radius 3 is 2.83 bits per heavy atom. The van der Waals surface area contributed by atoms with Gasteiger partial charge in [0.05, 0.1) is 5.69 Å². The molecule has 4 heterocycles. The Morgan fingerprint density at radius 2 is 2.00 bits per heavy atom. The number of amides is 1. The zero-order chi connectivity index (χ0) is 19.8. The Kier molecular flexibility index (Phi) is 5.09. The fraction of sp³-hybridized carbons (Fsp3) is 0.455. The molecule has 0 aliphatic carbocycles. The number of fused-ring (bicyclic) bond motifs is 1. The van der Waals surface area contributed by atoms with E-state index in [0.717, 1.165) is 68.0 Å². The van der Waals surface area contributed by atoms with Crippen LogP contribution in [-0.2, 0) is 6.54 Å². The van der Waals surface area contributed by atoms with Crippen molar-refractivity contribution in [2.24, 2.45) is 0 Å². The van der Waals surface area contributed by atoms with Crippen LogP contribution in [0.15, 0.2) is 35.8 Å². The molecule has 7 heteroatoms. The molecule has 1 amide bonds. The number of imidazole rings is 1. The predicted octanol–water partition coefficient (Wildman–Crippen LogP) is 4.50. The van der Waals surface area contributed by atoms with E-state index in [1.54, 1.807) is 23.5 Å². The zero-order valence-electron chi connectivity index (χ0n) is 16.4. The molecule has 2 aromatic heterocycles. The van der Waals surface area contributed by atoms with Gasteiger partial charge in [-0.15, -0.1) is 11.3 Å². The standard InChI is InChI=1S/C22H25FN4OS/c23-17-7-5-6-16(14-17)18-8-1-2-11-26(18)15-19-20(21(28)25-9-3-4-10-25)24-22-27(19)12-13-29-22/h5-7,12-14,18H,1-4,8-11,15H2/t18-/m1/s1. The number of benzene rings is 1. The highest BCUT2D eigenvalue weighted by molar-refractivity contribution is 7.15. The number of thiazole rings is 1. The average Bonchev–Trinajstić information content (AvgIpc) is 3.47. The molecule has 1 aromatic carbocycles. The van der Waals surface area contributed by atoms with Crippen molar-refractivity contribution < 1.29 is 9.18 Å². The first-order valence-electron chi connectivity index (χ1n) is 10.4. The number of rotatable bonds is 4. The maximum absolute atomic E-state index is 13.9. The third kappa shape index (κ3) is 3.57. The summed E-state index contributed by atoms with van der Waals surface area (Å²) < 4.78 is 15.9. The van der Waals surface area contributed by atoms with E-state index in [2.05, 4.69) is 9.30 Å². The monoisotopic (exact) mass is 412 g/mol. The van der Waals surface area contributed by atoms with Gasteiger partial charge in [0.2, 0.25) is 0 Å². The van der Waals surface area contributed by atoms with Gasteiger partial charge in [-0.25, -0.2) is 9.37 Å². The molecule has 5 nitrogen and oxygen atoms in total. The maximum Gasteiger partial charge on any atom is 0.274 e. The Labute approximate surface area is 173 Å². The van der Waals surface area contributed by atoms with Crippen molar-refractivity contribution in [3.8, 4) is 0 Å². The molecule has 2 fully saturated rings. The molecule has 0 bridgehead atoms. The third-order valence-electron chi connectivity index (χ3n) is 6.16. The normalized spacial score (nSPS) is 20.6. The lowest BCUT2D eigenvalue weighted by molar-refractivity contribution is 0.0782. The highest BCUT2D eigenvalue weighted by atomic mass is 32.1.